The predicted octanol–water partition coefficient (Wildman–Crippen LogP) is 0.164. The van der Waals surface area contributed by atoms with Gasteiger partial charge >= 0.3 is 0 Å². The number of primary sulfonamides is 1. The average molecular weight is 287 g/mol. The van der Waals surface area contributed by atoms with E-state index in [2.05, 4.69) is 10.6 Å². The zero-order valence-electron chi connectivity index (χ0n) is 10.0. The van der Waals surface area contributed by atoms with Gasteiger partial charge in [0.25, 0.3) is 0 Å². The highest BCUT2D eigenvalue weighted by molar-refractivity contribution is 7.89. The quantitative estimate of drug-likeness (QED) is 0.734. The Balaban J connectivity index is 2.03. The molecule has 2 rings (SSSR count). The first-order chi connectivity index (χ1) is 8.86. The molecule has 19 heavy (non-hydrogen) atoms. The van der Waals surface area contributed by atoms with Gasteiger partial charge in [0.15, 0.2) is 0 Å². The van der Waals surface area contributed by atoms with E-state index in [-0.39, 0.29) is 22.5 Å². The average Bonchev–Trinajstić information content (AvgIpc) is 2.72. The molecule has 6 nitrogen and oxygen atoms in total. The Kier molecular flexibility index (Phi) is 3.72. The number of hydrogen-bond donors (Lipinski definition) is 3. The van der Waals surface area contributed by atoms with Crippen molar-refractivity contribution in [2.24, 2.45) is 5.14 Å². The van der Waals surface area contributed by atoms with Crippen molar-refractivity contribution in [3.63, 3.8) is 0 Å². The number of carbonyl (C=O) groups excluding carboxylic acids is 1. The Hall–Kier alpha value is -1.67. The number of sulfonamides is 1. The van der Waals surface area contributed by atoms with Crippen LogP contribution >= 0.6 is 0 Å². The Bertz CT molecular complexity index is 603. The molecule has 4 N–H and O–H groups in total. The number of hydrogen-bond acceptors (Lipinski definition) is 4. The summed E-state index contributed by atoms with van der Waals surface area (Å²) in [4.78, 5) is 10.7. The van der Waals surface area contributed by atoms with Gasteiger partial charge in [-0.05, 0) is 24.6 Å². The van der Waals surface area contributed by atoms with Crippen molar-refractivity contribution < 1.29 is 17.6 Å². The van der Waals surface area contributed by atoms with Gasteiger partial charge in [-0.3, -0.25) is 4.79 Å². The molecule has 1 amide bonds. The van der Waals surface area contributed by atoms with Crippen LogP contribution in [0.25, 0.3) is 0 Å². The minimum Gasteiger partial charge on any atom is -0.381 e. The number of amides is 1. The van der Waals surface area contributed by atoms with E-state index in [4.69, 9.17) is 5.14 Å². The van der Waals surface area contributed by atoms with E-state index in [0.717, 1.165) is 6.07 Å². The van der Waals surface area contributed by atoms with E-state index in [0.29, 0.717) is 19.4 Å². The topological polar surface area (TPSA) is 101 Å². The first kappa shape index (κ1) is 13.8. The van der Waals surface area contributed by atoms with E-state index >= 15 is 0 Å². The van der Waals surface area contributed by atoms with Crippen LogP contribution in [0.5, 0.6) is 0 Å². The molecule has 1 aliphatic heterocycles. The molecule has 8 heteroatoms. The lowest BCUT2D eigenvalue weighted by atomic mass is 10.2. The number of carbonyl (C=O) groups is 1. The number of nitrogens with one attached hydrogen (secondary N) is 2. The van der Waals surface area contributed by atoms with Crippen molar-refractivity contribution in [1.29, 1.82) is 0 Å². The second-order valence-electron chi connectivity index (χ2n) is 4.37. The lowest BCUT2D eigenvalue weighted by Crippen LogP contribution is -2.32. The van der Waals surface area contributed by atoms with Crippen LogP contribution in [0.15, 0.2) is 23.1 Å². The molecule has 0 radical (unpaired) electrons. The fourth-order valence-corrected chi connectivity index (χ4v) is 2.41. The van der Waals surface area contributed by atoms with E-state index in [1.54, 1.807) is 0 Å². The monoisotopic (exact) mass is 287 g/mol. The van der Waals surface area contributed by atoms with E-state index in [9.17, 15) is 17.6 Å². The van der Waals surface area contributed by atoms with Crippen LogP contribution < -0.4 is 15.8 Å². The molecule has 104 valence electrons. The molecule has 0 bridgehead atoms. The summed E-state index contributed by atoms with van der Waals surface area (Å²) < 4.78 is 35.7. The summed E-state index contributed by atoms with van der Waals surface area (Å²) in [6, 6.07) is 3.37. The van der Waals surface area contributed by atoms with Crippen LogP contribution in [0, 0.1) is 5.82 Å². The van der Waals surface area contributed by atoms with E-state index in [1.807, 2.05) is 0 Å². The third-order valence-corrected chi connectivity index (χ3v) is 3.80. The summed E-state index contributed by atoms with van der Waals surface area (Å²) >= 11 is 0. The fraction of sp³-hybridized carbons (Fsp3) is 0.364. The Morgan fingerprint density at radius 1 is 1.47 bits per heavy atom. The predicted molar refractivity (Wildman–Crippen MR) is 67.4 cm³/mol. The van der Waals surface area contributed by atoms with Crippen molar-refractivity contribution in [1.82, 2.24) is 5.32 Å². The SMILES string of the molecule is NS(=O)(=O)c1ccc(NCC2CCC(=O)N2)c(F)c1. The van der Waals surface area contributed by atoms with Gasteiger partial charge in [-0.1, -0.05) is 0 Å². The molecular formula is C11H14FN3O3S. The zero-order valence-corrected chi connectivity index (χ0v) is 10.8. The largest absolute Gasteiger partial charge is 0.381 e. The molecule has 1 aliphatic rings. The first-order valence-corrected chi connectivity index (χ1v) is 7.26. The highest BCUT2D eigenvalue weighted by Gasteiger charge is 2.20. The van der Waals surface area contributed by atoms with Crippen LogP contribution in [0.3, 0.4) is 0 Å². The maximum atomic E-state index is 13.7. The van der Waals surface area contributed by atoms with Crippen molar-refractivity contribution >= 4 is 21.6 Å². The van der Waals surface area contributed by atoms with E-state index < -0.39 is 15.8 Å². The Morgan fingerprint density at radius 3 is 2.74 bits per heavy atom. The molecule has 0 aromatic heterocycles. The maximum absolute atomic E-state index is 13.7. The Morgan fingerprint density at radius 2 is 2.21 bits per heavy atom. The molecule has 0 spiro atoms. The number of anilines is 1. The molecule has 1 aromatic carbocycles. The standard InChI is InChI=1S/C11H14FN3O3S/c12-9-5-8(19(13,17)18)2-3-10(9)14-6-7-1-4-11(16)15-7/h2-3,5,7,14H,1,4,6H2,(H,15,16)(H2,13,17,18). The summed E-state index contributed by atoms with van der Waals surface area (Å²) in [5.41, 5.74) is 0.175. The number of nitrogens with two attached hydrogens (primary N) is 1. The molecule has 1 aromatic rings. The summed E-state index contributed by atoms with van der Waals surface area (Å²) in [5, 5.41) is 10.5. The third-order valence-electron chi connectivity index (χ3n) is 2.89. The second-order valence-corrected chi connectivity index (χ2v) is 5.93. The maximum Gasteiger partial charge on any atom is 0.238 e. The minimum atomic E-state index is -3.90. The van der Waals surface area contributed by atoms with Crippen LogP contribution in [-0.4, -0.2) is 26.9 Å². The first-order valence-electron chi connectivity index (χ1n) is 5.72. The minimum absolute atomic E-state index is 0.0168. The fourth-order valence-electron chi connectivity index (χ4n) is 1.88. The lowest BCUT2D eigenvalue weighted by molar-refractivity contribution is -0.119. The Labute approximate surface area is 110 Å². The number of benzene rings is 1. The van der Waals surface area contributed by atoms with Gasteiger partial charge in [-0.15, -0.1) is 0 Å². The van der Waals surface area contributed by atoms with Crippen LogP contribution in [0.1, 0.15) is 12.8 Å². The summed E-state index contributed by atoms with van der Waals surface area (Å²) in [5.74, 6) is -0.715. The highest BCUT2D eigenvalue weighted by atomic mass is 32.2. The van der Waals surface area contributed by atoms with Crippen molar-refractivity contribution in [3.8, 4) is 0 Å². The molecule has 1 saturated heterocycles. The molecule has 0 saturated carbocycles. The molecule has 0 aliphatic carbocycles. The second kappa shape index (κ2) is 5.14. The summed E-state index contributed by atoms with van der Waals surface area (Å²) in [6.45, 7) is 0.386. The van der Waals surface area contributed by atoms with Crippen LogP contribution in [0.2, 0.25) is 0 Å². The number of rotatable bonds is 4. The summed E-state index contributed by atoms with van der Waals surface area (Å²) in [7, 11) is -3.90. The summed E-state index contributed by atoms with van der Waals surface area (Å²) in [6.07, 6.45) is 1.17. The van der Waals surface area contributed by atoms with E-state index in [1.165, 1.54) is 12.1 Å². The van der Waals surface area contributed by atoms with Gasteiger partial charge < -0.3 is 10.6 Å². The van der Waals surface area contributed by atoms with Gasteiger partial charge in [-0.2, -0.15) is 0 Å². The van der Waals surface area contributed by atoms with Crippen molar-refractivity contribution in [2.45, 2.75) is 23.8 Å². The lowest BCUT2D eigenvalue weighted by Gasteiger charge is -2.13. The van der Waals surface area contributed by atoms with Crippen LogP contribution in [-0.2, 0) is 14.8 Å². The van der Waals surface area contributed by atoms with Crippen molar-refractivity contribution in [2.75, 3.05) is 11.9 Å². The molecular weight excluding hydrogens is 273 g/mol. The highest BCUT2D eigenvalue weighted by Crippen LogP contribution is 2.18. The third kappa shape index (κ3) is 3.42. The van der Waals surface area contributed by atoms with Gasteiger partial charge in [0.1, 0.15) is 5.82 Å². The molecule has 1 heterocycles. The van der Waals surface area contributed by atoms with Gasteiger partial charge in [0.05, 0.1) is 10.6 Å². The van der Waals surface area contributed by atoms with Gasteiger partial charge in [0.2, 0.25) is 15.9 Å². The van der Waals surface area contributed by atoms with Crippen LogP contribution in [0.4, 0.5) is 10.1 Å². The molecule has 1 atom stereocenters. The van der Waals surface area contributed by atoms with Gasteiger partial charge in [-0.25, -0.2) is 17.9 Å². The zero-order chi connectivity index (χ0) is 14.0. The molecule has 1 fully saturated rings. The normalized spacial score (nSPS) is 19.3. The number of halogens is 1. The molecule has 1 unspecified atom stereocenters. The smallest absolute Gasteiger partial charge is 0.238 e. The van der Waals surface area contributed by atoms with Gasteiger partial charge in [0, 0.05) is 19.0 Å². The van der Waals surface area contributed by atoms with Crippen molar-refractivity contribution in [3.05, 3.63) is 24.0 Å².